The number of para-hydroxylation sites is 2. The third-order valence-electron chi connectivity index (χ3n) is 5.61. The van der Waals surface area contributed by atoms with Crippen LogP contribution in [0.2, 0.25) is 0 Å². The van der Waals surface area contributed by atoms with E-state index in [2.05, 4.69) is 15.6 Å². The largest absolute Gasteiger partial charge is 0.497 e. The van der Waals surface area contributed by atoms with Crippen molar-refractivity contribution in [1.82, 2.24) is 20.6 Å². The molecule has 33 heavy (non-hydrogen) atoms. The van der Waals surface area contributed by atoms with Crippen LogP contribution in [0.15, 0.2) is 72.8 Å². The number of imidazole rings is 1. The number of fused-ring (bicyclic) bond motifs is 1. The maximum absolute atomic E-state index is 12.9. The van der Waals surface area contributed by atoms with Crippen molar-refractivity contribution in [2.45, 2.75) is 25.4 Å². The minimum Gasteiger partial charge on any atom is -0.497 e. The van der Waals surface area contributed by atoms with Gasteiger partial charge in [-0.3, -0.25) is 0 Å². The van der Waals surface area contributed by atoms with Gasteiger partial charge in [0.1, 0.15) is 17.3 Å². The molecular weight excluding hydrogens is 416 g/mol. The Morgan fingerprint density at radius 1 is 0.909 bits per heavy atom. The van der Waals surface area contributed by atoms with Gasteiger partial charge in [-0.15, -0.1) is 0 Å². The summed E-state index contributed by atoms with van der Waals surface area (Å²) < 4.78 is 10.5. The number of carbonyl (C=O) groups excluding carboxylic acids is 1. The monoisotopic (exact) mass is 444 g/mol. The molecule has 170 valence electrons. The molecule has 7 nitrogen and oxygen atoms in total. The van der Waals surface area contributed by atoms with Crippen molar-refractivity contribution >= 4 is 17.1 Å². The second-order valence-electron chi connectivity index (χ2n) is 7.86. The van der Waals surface area contributed by atoms with E-state index in [4.69, 9.17) is 14.5 Å². The quantitative estimate of drug-likeness (QED) is 0.360. The lowest BCUT2D eigenvalue weighted by atomic mass is 10.1. The third kappa shape index (κ3) is 5.44. The number of aromatic nitrogens is 2. The van der Waals surface area contributed by atoms with Crippen LogP contribution in [-0.2, 0) is 6.42 Å². The second kappa shape index (κ2) is 10.1. The van der Waals surface area contributed by atoms with Crippen LogP contribution in [0.5, 0.6) is 11.5 Å². The predicted octanol–water partition coefficient (Wildman–Crippen LogP) is 4.92. The summed E-state index contributed by atoms with van der Waals surface area (Å²) in [6.45, 7) is 1.95. The van der Waals surface area contributed by atoms with Crippen LogP contribution in [0, 0.1) is 0 Å². The number of aromatic amines is 1. The van der Waals surface area contributed by atoms with Crippen LogP contribution in [-0.4, -0.2) is 30.2 Å². The molecule has 0 unspecified atom stereocenters. The minimum atomic E-state index is -0.339. The van der Waals surface area contributed by atoms with Crippen LogP contribution in [0.25, 0.3) is 11.0 Å². The highest BCUT2D eigenvalue weighted by molar-refractivity contribution is 5.76. The van der Waals surface area contributed by atoms with Crippen molar-refractivity contribution < 1.29 is 14.3 Å². The molecule has 0 spiro atoms. The molecular formula is C26H28N4O3. The lowest BCUT2D eigenvalue weighted by molar-refractivity contribution is 0.233. The molecule has 0 aliphatic carbocycles. The molecule has 0 aliphatic heterocycles. The Bertz CT molecular complexity index is 1170. The highest BCUT2D eigenvalue weighted by atomic mass is 16.5. The van der Waals surface area contributed by atoms with Gasteiger partial charge in [0, 0.05) is 0 Å². The zero-order chi connectivity index (χ0) is 23.2. The van der Waals surface area contributed by atoms with Gasteiger partial charge in [-0.1, -0.05) is 36.4 Å². The molecule has 0 fully saturated rings. The second-order valence-corrected chi connectivity index (χ2v) is 7.86. The molecule has 1 heterocycles. The van der Waals surface area contributed by atoms with Gasteiger partial charge in [0.05, 0.1) is 37.3 Å². The number of H-pyrrole nitrogens is 1. The van der Waals surface area contributed by atoms with E-state index in [9.17, 15) is 4.79 Å². The van der Waals surface area contributed by atoms with Crippen molar-refractivity contribution in [1.29, 1.82) is 0 Å². The molecule has 2 atom stereocenters. The normalized spacial score (nSPS) is 12.7. The topological polar surface area (TPSA) is 88.3 Å². The van der Waals surface area contributed by atoms with Crippen molar-refractivity contribution in [2.24, 2.45) is 0 Å². The summed E-state index contributed by atoms with van der Waals surface area (Å²) in [7, 11) is 3.27. The summed E-state index contributed by atoms with van der Waals surface area (Å²) in [4.78, 5) is 21.0. The summed E-state index contributed by atoms with van der Waals surface area (Å²) in [6.07, 6.45) is 0.578. The maximum atomic E-state index is 12.9. The molecule has 3 N–H and O–H groups in total. The smallest absolute Gasteiger partial charge is 0.315 e. The highest BCUT2D eigenvalue weighted by Crippen LogP contribution is 2.22. The number of urea groups is 1. The highest BCUT2D eigenvalue weighted by Gasteiger charge is 2.20. The molecule has 0 radical (unpaired) electrons. The Balaban J connectivity index is 1.52. The van der Waals surface area contributed by atoms with E-state index < -0.39 is 0 Å². The Labute approximate surface area is 193 Å². The Hall–Kier alpha value is -4.00. The van der Waals surface area contributed by atoms with Crippen LogP contribution in [0.3, 0.4) is 0 Å². The molecule has 3 aromatic carbocycles. The van der Waals surface area contributed by atoms with Crippen LogP contribution in [0.1, 0.15) is 36.0 Å². The van der Waals surface area contributed by atoms with Gasteiger partial charge in [0.25, 0.3) is 0 Å². The van der Waals surface area contributed by atoms with E-state index >= 15 is 0 Å². The van der Waals surface area contributed by atoms with Crippen LogP contribution < -0.4 is 20.1 Å². The Morgan fingerprint density at radius 3 is 2.18 bits per heavy atom. The molecule has 0 saturated heterocycles. The number of nitrogens with zero attached hydrogens (tertiary/aromatic N) is 1. The minimum absolute atomic E-state index is 0.173. The van der Waals surface area contributed by atoms with Gasteiger partial charge in [-0.25, -0.2) is 9.78 Å². The van der Waals surface area contributed by atoms with Crippen molar-refractivity contribution in [3.05, 3.63) is 89.7 Å². The Morgan fingerprint density at radius 2 is 1.55 bits per heavy atom. The molecule has 0 saturated carbocycles. The first-order valence-electron chi connectivity index (χ1n) is 10.8. The van der Waals surface area contributed by atoms with Crippen molar-refractivity contribution in [3.8, 4) is 11.5 Å². The van der Waals surface area contributed by atoms with E-state index in [0.29, 0.717) is 12.2 Å². The Kier molecular flexibility index (Phi) is 6.78. The summed E-state index contributed by atoms with van der Waals surface area (Å²) in [5, 5.41) is 6.11. The molecule has 4 aromatic rings. The molecule has 4 rings (SSSR count). The van der Waals surface area contributed by atoms with Gasteiger partial charge in [0.15, 0.2) is 0 Å². The predicted molar refractivity (Wildman–Crippen MR) is 129 cm³/mol. The first-order chi connectivity index (χ1) is 16.1. The lowest BCUT2D eigenvalue weighted by Crippen LogP contribution is -2.40. The number of nitrogens with one attached hydrogen (secondary N) is 3. The number of ether oxygens (including phenoxy) is 2. The van der Waals surface area contributed by atoms with Gasteiger partial charge < -0.3 is 25.1 Å². The fraction of sp³-hybridized carbons (Fsp3) is 0.231. The summed E-state index contributed by atoms with van der Waals surface area (Å²) >= 11 is 0. The van der Waals surface area contributed by atoms with Crippen LogP contribution in [0.4, 0.5) is 4.79 Å². The molecule has 2 amide bonds. The van der Waals surface area contributed by atoms with Crippen LogP contribution >= 0.6 is 0 Å². The molecule has 1 aromatic heterocycles. The van der Waals surface area contributed by atoms with E-state index in [0.717, 1.165) is 33.7 Å². The number of amides is 2. The zero-order valence-corrected chi connectivity index (χ0v) is 19.0. The van der Waals surface area contributed by atoms with Gasteiger partial charge >= 0.3 is 6.03 Å². The van der Waals surface area contributed by atoms with E-state index in [-0.39, 0.29) is 18.1 Å². The summed E-state index contributed by atoms with van der Waals surface area (Å²) in [5.74, 6) is 2.28. The van der Waals surface area contributed by atoms with Gasteiger partial charge in [-0.05, 0) is 60.9 Å². The maximum Gasteiger partial charge on any atom is 0.315 e. The summed E-state index contributed by atoms with van der Waals surface area (Å²) in [5.41, 5.74) is 3.84. The zero-order valence-electron chi connectivity index (χ0n) is 19.0. The first kappa shape index (κ1) is 22.2. The average molecular weight is 445 g/mol. The fourth-order valence-electron chi connectivity index (χ4n) is 3.72. The number of hydrogen-bond acceptors (Lipinski definition) is 4. The molecule has 0 bridgehead atoms. The van der Waals surface area contributed by atoms with E-state index in [1.54, 1.807) is 14.2 Å². The standard InChI is InChI=1S/C26H28N4O3/c1-17(19-10-14-21(33-3)15-11-19)27-26(31)30-24(16-18-8-12-20(32-2)13-9-18)25-28-22-6-4-5-7-23(22)29-25/h4-15,17,24H,16H2,1-3H3,(H,28,29)(H2,27,30,31)/t17-,24-/m1/s1. The average Bonchev–Trinajstić information content (AvgIpc) is 3.28. The van der Waals surface area contributed by atoms with Gasteiger partial charge in [-0.2, -0.15) is 0 Å². The van der Waals surface area contributed by atoms with Gasteiger partial charge in [0.2, 0.25) is 0 Å². The number of benzene rings is 3. The van der Waals surface area contributed by atoms with E-state index in [1.807, 2.05) is 79.7 Å². The number of carbonyl (C=O) groups is 1. The third-order valence-corrected chi connectivity index (χ3v) is 5.61. The van der Waals surface area contributed by atoms with E-state index in [1.165, 1.54) is 0 Å². The SMILES string of the molecule is COc1ccc(C[C@@H](NC(=O)N[C@H](C)c2ccc(OC)cc2)c2nc3ccccc3[nH]2)cc1. The molecule has 0 aliphatic rings. The lowest BCUT2D eigenvalue weighted by Gasteiger charge is -2.20. The summed E-state index contributed by atoms with van der Waals surface area (Å²) in [6, 6.07) is 22.5. The molecule has 7 heteroatoms. The number of hydrogen-bond donors (Lipinski definition) is 3. The number of methoxy groups -OCH3 is 2. The number of rotatable bonds is 8. The van der Waals surface area contributed by atoms with Crippen molar-refractivity contribution in [2.75, 3.05) is 14.2 Å². The first-order valence-corrected chi connectivity index (χ1v) is 10.8. The fourth-order valence-corrected chi connectivity index (χ4v) is 3.72. The van der Waals surface area contributed by atoms with Crippen molar-refractivity contribution in [3.63, 3.8) is 0 Å².